The van der Waals surface area contributed by atoms with Crippen molar-refractivity contribution in [1.82, 2.24) is 9.88 Å². The Morgan fingerprint density at radius 3 is 3.05 bits per heavy atom. The van der Waals surface area contributed by atoms with E-state index in [4.69, 9.17) is 0 Å². The molecule has 0 N–H and O–H groups in total. The highest BCUT2D eigenvalue weighted by molar-refractivity contribution is 5.93. The maximum absolute atomic E-state index is 12.6. The molecule has 2 rings (SSSR count). The summed E-state index contributed by atoms with van der Waals surface area (Å²) in [6.45, 7) is 7.13. The summed E-state index contributed by atoms with van der Waals surface area (Å²) in [5.74, 6) is 0.672. The molecule has 1 unspecified atom stereocenters. The van der Waals surface area contributed by atoms with Crippen molar-refractivity contribution in [3.8, 4) is 0 Å². The average molecular weight is 289 g/mol. The van der Waals surface area contributed by atoms with Crippen molar-refractivity contribution in [2.24, 2.45) is 5.92 Å². The Hall–Kier alpha value is -1.58. The number of aromatic nitrogens is 1. The van der Waals surface area contributed by atoms with Gasteiger partial charge in [-0.3, -0.25) is 9.78 Å². The van der Waals surface area contributed by atoms with E-state index < -0.39 is 0 Å². The summed E-state index contributed by atoms with van der Waals surface area (Å²) >= 11 is 0. The third-order valence-corrected chi connectivity index (χ3v) is 4.19. The van der Waals surface area contributed by atoms with Gasteiger partial charge in [-0.2, -0.15) is 0 Å². The minimum absolute atomic E-state index is 0.0762. The number of hydrogen-bond donors (Lipinski definition) is 0. The fourth-order valence-electron chi connectivity index (χ4n) is 2.83. The van der Waals surface area contributed by atoms with Crippen LogP contribution in [0.1, 0.15) is 50.0 Å². The molecule has 21 heavy (non-hydrogen) atoms. The van der Waals surface area contributed by atoms with Crippen molar-refractivity contribution < 1.29 is 4.79 Å². The number of carbonyl (C=O) groups excluding carboxylic acids is 1. The normalized spacial score (nSPS) is 18.6. The highest BCUT2D eigenvalue weighted by Gasteiger charge is 2.23. The minimum Gasteiger partial charge on any atom is -0.374 e. The van der Waals surface area contributed by atoms with Crippen LogP contribution in [0.3, 0.4) is 0 Å². The van der Waals surface area contributed by atoms with Gasteiger partial charge in [0, 0.05) is 38.6 Å². The highest BCUT2D eigenvalue weighted by atomic mass is 16.2. The van der Waals surface area contributed by atoms with Crippen LogP contribution in [0, 0.1) is 5.92 Å². The van der Waals surface area contributed by atoms with E-state index >= 15 is 0 Å². The van der Waals surface area contributed by atoms with Gasteiger partial charge < -0.3 is 9.80 Å². The van der Waals surface area contributed by atoms with Crippen LogP contribution in [-0.2, 0) is 0 Å². The maximum atomic E-state index is 12.6. The van der Waals surface area contributed by atoms with Gasteiger partial charge in [0.15, 0.2) is 0 Å². The van der Waals surface area contributed by atoms with Gasteiger partial charge >= 0.3 is 0 Å². The van der Waals surface area contributed by atoms with Crippen LogP contribution < -0.4 is 4.90 Å². The first-order valence-corrected chi connectivity index (χ1v) is 8.08. The molecule has 0 aromatic carbocycles. The van der Waals surface area contributed by atoms with Crippen molar-refractivity contribution in [2.75, 3.05) is 31.6 Å². The van der Waals surface area contributed by atoms with Crippen LogP contribution in [0.25, 0.3) is 0 Å². The fourth-order valence-corrected chi connectivity index (χ4v) is 2.83. The summed E-state index contributed by atoms with van der Waals surface area (Å²) in [5, 5.41) is 0. The van der Waals surface area contributed by atoms with E-state index in [0.717, 1.165) is 38.2 Å². The third kappa shape index (κ3) is 4.19. The van der Waals surface area contributed by atoms with Crippen molar-refractivity contribution in [3.63, 3.8) is 0 Å². The largest absolute Gasteiger partial charge is 0.374 e. The molecule has 116 valence electrons. The topological polar surface area (TPSA) is 36.4 Å². The van der Waals surface area contributed by atoms with Crippen molar-refractivity contribution in [2.45, 2.75) is 39.5 Å². The van der Waals surface area contributed by atoms with Crippen LogP contribution in [0.4, 0.5) is 5.69 Å². The van der Waals surface area contributed by atoms with E-state index in [1.54, 1.807) is 6.20 Å². The summed E-state index contributed by atoms with van der Waals surface area (Å²) in [6.07, 6.45) is 6.40. The van der Waals surface area contributed by atoms with E-state index in [0.29, 0.717) is 11.6 Å². The Morgan fingerprint density at radius 2 is 2.33 bits per heavy atom. The molecule has 0 aliphatic carbocycles. The second-order valence-electron chi connectivity index (χ2n) is 6.17. The van der Waals surface area contributed by atoms with E-state index in [1.165, 1.54) is 12.8 Å². The first-order valence-electron chi connectivity index (χ1n) is 8.08. The van der Waals surface area contributed by atoms with E-state index in [2.05, 4.69) is 30.8 Å². The molecule has 1 saturated heterocycles. The predicted molar refractivity (Wildman–Crippen MR) is 86.7 cm³/mol. The van der Waals surface area contributed by atoms with E-state index in [9.17, 15) is 4.79 Å². The molecule has 1 fully saturated rings. The van der Waals surface area contributed by atoms with Crippen molar-refractivity contribution in [1.29, 1.82) is 0 Å². The predicted octanol–water partition coefficient (Wildman–Crippen LogP) is 3.19. The molecule has 4 heteroatoms. The van der Waals surface area contributed by atoms with Gasteiger partial charge in [0.05, 0.1) is 0 Å². The molecule has 1 aliphatic heterocycles. The van der Waals surface area contributed by atoms with E-state index in [-0.39, 0.29) is 5.91 Å². The monoisotopic (exact) mass is 289 g/mol. The molecule has 0 saturated carbocycles. The molecule has 1 aliphatic rings. The lowest BCUT2D eigenvalue weighted by atomic mass is 10.00. The molecule has 1 amide bonds. The van der Waals surface area contributed by atoms with Crippen LogP contribution in [0.5, 0.6) is 0 Å². The lowest BCUT2D eigenvalue weighted by Crippen LogP contribution is -2.39. The second kappa shape index (κ2) is 7.43. The SMILES string of the molecule is CCCCN(C)c1ccnc(C(=O)N2CCCC(C)C2)c1. The van der Waals surface area contributed by atoms with Gasteiger partial charge in [-0.25, -0.2) is 0 Å². The van der Waals surface area contributed by atoms with Crippen molar-refractivity contribution >= 4 is 11.6 Å². The number of hydrogen-bond acceptors (Lipinski definition) is 3. The Labute approximate surface area is 128 Å². The summed E-state index contributed by atoms with van der Waals surface area (Å²) < 4.78 is 0. The number of unbranched alkanes of at least 4 members (excludes halogenated alkanes) is 1. The molecule has 0 radical (unpaired) electrons. The Kier molecular flexibility index (Phi) is 5.59. The number of carbonyl (C=O) groups is 1. The number of pyridine rings is 1. The zero-order valence-corrected chi connectivity index (χ0v) is 13.5. The number of amides is 1. The fraction of sp³-hybridized carbons (Fsp3) is 0.647. The number of nitrogens with zero attached hydrogens (tertiary/aromatic N) is 3. The molecule has 0 bridgehead atoms. The quantitative estimate of drug-likeness (QED) is 0.835. The van der Waals surface area contributed by atoms with Crippen LogP contribution >= 0.6 is 0 Å². The minimum atomic E-state index is 0.0762. The second-order valence-corrected chi connectivity index (χ2v) is 6.17. The summed E-state index contributed by atoms with van der Waals surface area (Å²) in [4.78, 5) is 21.0. The molecular weight excluding hydrogens is 262 g/mol. The van der Waals surface area contributed by atoms with E-state index in [1.807, 2.05) is 17.0 Å². The van der Waals surface area contributed by atoms with Crippen LogP contribution in [0.15, 0.2) is 18.3 Å². The maximum Gasteiger partial charge on any atom is 0.272 e. The van der Waals surface area contributed by atoms with Gasteiger partial charge in [-0.1, -0.05) is 20.3 Å². The number of anilines is 1. The summed E-state index contributed by atoms with van der Waals surface area (Å²) in [6, 6.07) is 3.91. The van der Waals surface area contributed by atoms with Gasteiger partial charge in [0.1, 0.15) is 5.69 Å². The van der Waals surface area contributed by atoms with Gasteiger partial charge in [0.25, 0.3) is 5.91 Å². The molecule has 4 nitrogen and oxygen atoms in total. The molecule has 1 atom stereocenters. The smallest absolute Gasteiger partial charge is 0.272 e. The third-order valence-electron chi connectivity index (χ3n) is 4.19. The Morgan fingerprint density at radius 1 is 1.52 bits per heavy atom. The summed E-state index contributed by atoms with van der Waals surface area (Å²) in [7, 11) is 2.07. The zero-order chi connectivity index (χ0) is 15.2. The number of likely N-dealkylation sites (tertiary alicyclic amines) is 1. The van der Waals surface area contributed by atoms with Crippen molar-refractivity contribution in [3.05, 3.63) is 24.0 Å². The first kappa shape index (κ1) is 15.8. The molecule has 1 aromatic rings. The van der Waals surface area contributed by atoms with Crippen LogP contribution in [-0.4, -0.2) is 42.5 Å². The zero-order valence-electron chi connectivity index (χ0n) is 13.5. The molecule has 2 heterocycles. The van der Waals surface area contributed by atoms with Crippen LogP contribution in [0.2, 0.25) is 0 Å². The molecule has 0 spiro atoms. The number of piperidine rings is 1. The lowest BCUT2D eigenvalue weighted by molar-refractivity contribution is 0.0677. The summed E-state index contributed by atoms with van der Waals surface area (Å²) in [5.41, 5.74) is 1.65. The van der Waals surface area contributed by atoms with Gasteiger partial charge in [-0.05, 0) is 37.3 Å². The molecule has 1 aromatic heterocycles. The standard InChI is InChI=1S/C17H27N3O/c1-4-5-10-19(3)15-8-9-18-16(12-15)17(21)20-11-6-7-14(2)13-20/h8-9,12,14H,4-7,10-11,13H2,1-3H3. The Balaban J connectivity index is 2.07. The number of rotatable bonds is 5. The highest BCUT2D eigenvalue weighted by Crippen LogP contribution is 2.19. The Bertz CT molecular complexity index is 475. The van der Waals surface area contributed by atoms with Gasteiger partial charge in [-0.15, -0.1) is 0 Å². The average Bonchev–Trinajstić information content (AvgIpc) is 2.52. The van der Waals surface area contributed by atoms with Gasteiger partial charge in [0.2, 0.25) is 0 Å². The lowest BCUT2D eigenvalue weighted by Gasteiger charge is -2.30. The first-order chi connectivity index (χ1) is 10.1. The molecular formula is C17H27N3O.